The van der Waals surface area contributed by atoms with Crippen molar-refractivity contribution < 1.29 is 13.9 Å². The maximum Gasteiger partial charge on any atom is 0.255 e. The molecule has 0 aliphatic carbocycles. The number of hydrogen-bond donors (Lipinski definition) is 1. The molecule has 1 saturated heterocycles. The number of carbonyl (C=O) groups is 1. The van der Waals surface area contributed by atoms with Gasteiger partial charge in [0.05, 0.1) is 29.7 Å². The summed E-state index contributed by atoms with van der Waals surface area (Å²) in [5.41, 5.74) is 4.63. The summed E-state index contributed by atoms with van der Waals surface area (Å²) in [6, 6.07) is 8.78. The highest BCUT2D eigenvalue weighted by molar-refractivity contribution is 6.02. The summed E-state index contributed by atoms with van der Waals surface area (Å²) in [4.78, 5) is 19.0. The van der Waals surface area contributed by atoms with Crippen LogP contribution in [0.3, 0.4) is 0 Å². The molecule has 0 aromatic heterocycles. The van der Waals surface area contributed by atoms with Gasteiger partial charge in [-0.2, -0.15) is 0 Å². The molecule has 2 aromatic carbocycles. The van der Waals surface area contributed by atoms with E-state index in [2.05, 4.69) is 28.1 Å². The van der Waals surface area contributed by atoms with Crippen LogP contribution in [0.2, 0.25) is 0 Å². The predicted octanol–water partition coefficient (Wildman–Crippen LogP) is 3.99. The molecule has 1 fully saturated rings. The van der Waals surface area contributed by atoms with Gasteiger partial charge in [-0.1, -0.05) is 6.92 Å². The third-order valence-electron chi connectivity index (χ3n) is 5.55. The van der Waals surface area contributed by atoms with E-state index in [1.165, 1.54) is 12.1 Å². The Bertz CT molecular complexity index is 924. The number of anilines is 3. The van der Waals surface area contributed by atoms with Gasteiger partial charge in [0.25, 0.3) is 5.91 Å². The molecular formula is C24H33FN4O2. The minimum absolute atomic E-state index is 0.00163. The number of methoxy groups -OCH3 is 1. The summed E-state index contributed by atoms with van der Waals surface area (Å²) in [7, 11) is 5.13. The first-order valence-corrected chi connectivity index (χ1v) is 10.8. The molecule has 1 aliphatic heterocycles. The first-order chi connectivity index (χ1) is 14.8. The van der Waals surface area contributed by atoms with E-state index < -0.39 is 0 Å². The molecule has 3 rings (SSSR count). The first-order valence-electron chi connectivity index (χ1n) is 10.8. The molecule has 7 heteroatoms. The molecule has 0 spiro atoms. The molecular weight excluding hydrogens is 395 g/mol. The number of rotatable bonds is 7. The van der Waals surface area contributed by atoms with Crippen LogP contribution in [-0.4, -0.2) is 64.7 Å². The van der Waals surface area contributed by atoms with Crippen LogP contribution in [0.1, 0.15) is 29.3 Å². The molecule has 2 aromatic rings. The van der Waals surface area contributed by atoms with Gasteiger partial charge in [-0.25, -0.2) is 4.39 Å². The molecule has 168 valence electrons. The predicted molar refractivity (Wildman–Crippen MR) is 125 cm³/mol. The summed E-state index contributed by atoms with van der Waals surface area (Å²) in [6.45, 7) is 8.08. The zero-order chi connectivity index (χ0) is 22.5. The van der Waals surface area contributed by atoms with Crippen molar-refractivity contribution in [2.45, 2.75) is 20.3 Å². The number of amides is 1. The maximum absolute atomic E-state index is 13.6. The van der Waals surface area contributed by atoms with Crippen LogP contribution in [0.15, 0.2) is 30.3 Å². The van der Waals surface area contributed by atoms with Crippen LogP contribution in [0, 0.1) is 12.7 Å². The second-order valence-corrected chi connectivity index (χ2v) is 8.12. The van der Waals surface area contributed by atoms with Crippen molar-refractivity contribution in [1.29, 1.82) is 0 Å². The van der Waals surface area contributed by atoms with Crippen molar-refractivity contribution in [1.82, 2.24) is 4.90 Å². The van der Waals surface area contributed by atoms with Crippen LogP contribution in [-0.2, 0) is 0 Å². The Balaban J connectivity index is 1.88. The van der Waals surface area contributed by atoms with Crippen molar-refractivity contribution in [3.63, 3.8) is 0 Å². The van der Waals surface area contributed by atoms with Gasteiger partial charge in [0, 0.05) is 52.9 Å². The molecule has 0 saturated carbocycles. The highest BCUT2D eigenvalue weighted by atomic mass is 19.1. The van der Waals surface area contributed by atoms with Gasteiger partial charge in [-0.05, 0) is 43.2 Å². The molecule has 0 atom stereocenters. The lowest BCUT2D eigenvalue weighted by Gasteiger charge is -2.39. The highest BCUT2D eigenvalue weighted by Gasteiger charge is 2.25. The summed E-state index contributed by atoms with van der Waals surface area (Å²) >= 11 is 0. The molecule has 1 amide bonds. The second kappa shape index (κ2) is 9.90. The van der Waals surface area contributed by atoms with E-state index >= 15 is 0 Å². The van der Waals surface area contributed by atoms with Gasteiger partial charge in [-0.3, -0.25) is 4.79 Å². The summed E-state index contributed by atoms with van der Waals surface area (Å²) < 4.78 is 19.0. The monoisotopic (exact) mass is 428 g/mol. The fourth-order valence-corrected chi connectivity index (χ4v) is 3.96. The number of piperazine rings is 1. The van der Waals surface area contributed by atoms with E-state index in [-0.39, 0.29) is 11.7 Å². The molecule has 0 unspecified atom stereocenters. The van der Waals surface area contributed by atoms with Crippen molar-refractivity contribution in [2.75, 3.05) is 69.0 Å². The molecule has 1 aliphatic rings. The molecule has 6 nitrogen and oxygen atoms in total. The van der Waals surface area contributed by atoms with Crippen molar-refractivity contribution >= 4 is 23.0 Å². The van der Waals surface area contributed by atoms with Gasteiger partial charge in [0.1, 0.15) is 11.6 Å². The van der Waals surface area contributed by atoms with E-state index in [1.54, 1.807) is 32.2 Å². The Hall–Kier alpha value is -2.96. The minimum atomic E-state index is -0.302. The van der Waals surface area contributed by atoms with E-state index in [1.807, 2.05) is 13.0 Å². The number of hydrogen-bond acceptors (Lipinski definition) is 5. The smallest absolute Gasteiger partial charge is 0.255 e. The maximum atomic E-state index is 13.6. The zero-order valence-corrected chi connectivity index (χ0v) is 19.2. The Labute approximate surface area is 184 Å². The minimum Gasteiger partial charge on any atom is -0.494 e. The quantitative estimate of drug-likeness (QED) is 0.723. The lowest BCUT2D eigenvalue weighted by molar-refractivity contribution is 0.0828. The van der Waals surface area contributed by atoms with E-state index in [4.69, 9.17) is 4.74 Å². The fourth-order valence-electron chi connectivity index (χ4n) is 3.96. The number of nitrogens with zero attached hydrogens (tertiary/aromatic N) is 3. The largest absolute Gasteiger partial charge is 0.494 e. The Morgan fingerprint density at radius 1 is 1.10 bits per heavy atom. The van der Waals surface area contributed by atoms with Crippen LogP contribution in [0.5, 0.6) is 5.75 Å². The first kappa shape index (κ1) is 22.7. The number of nitrogens with one attached hydrogen (secondary N) is 1. The highest BCUT2D eigenvalue weighted by Crippen LogP contribution is 2.35. The summed E-state index contributed by atoms with van der Waals surface area (Å²) in [6.07, 6.45) is 0.973. The third kappa shape index (κ3) is 5.03. The van der Waals surface area contributed by atoms with Gasteiger partial charge in [0.2, 0.25) is 0 Å². The number of aryl methyl sites for hydroxylation is 1. The Morgan fingerprint density at radius 3 is 2.32 bits per heavy atom. The molecule has 0 radical (unpaired) electrons. The van der Waals surface area contributed by atoms with E-state index in [0.29, 0.717) is 11.3 Å². The average molecular weight is 429 g/mol. The van der Waals surface area contributed by atoms with Crippen LogP contribution in [0.4, 0.5) is 21.5 Å². The van der Waals surface area contributed by atoms with Gasteiger partial charge in [0.15, 0.2) is 0 Å². The summed E-state index contributed by atoms with van der Waals surface area (Å²) in [5.74, 6) is 0.245. The van der Waals surface area contributed by atoms with Crippen molar-refractivity contribution in [3.05, 3.63) is 47.3 Å². The average Bonchev–Trinajstić information content (AvgIpc) is 2.77. The SMILES string of the molecule is CCCNc1c(C(=O)N(C)C)cc(C)cc1N1CCN(c2ccc(F)cc2OC)CC1. The number of halogens is 1. The van der Waals surface area contributed by atoms with Crippen LogP contribution < -0.4 is 19.9 Å². The lowest BCUT2D eigenvalue weighted by atomic mass is 10.0. The molecule has 1 heterocycles. The van der Waals surface area contributed by atoms with Gasteiger partial charge < -0.3 is 24.8 Å². The molecule has 31 heavy (non-hydrogen) atoms. The standard InChI is InChI=1S/C24H33FN4O2/c1-6-9-26-23-19(24(30)27(3)4)14-17(2)15-21(23)29-12-10-28(11-13-29)20-8-7-18(25)16-22(20)31-5/h7-8,14-16,26H,6,9-13H2,1-5H3. The van der Waals surface area contributed by atoms with E-state index in [9.17, 15) is 9.18 Å². The van der Waals surface area contributed by atoms with E-state index in [0.717, 1.165) is 61.8 Å². The molecule has 0 bridgehead atoms. The van der Waals surface area contributed by atoms with Crippen molar-refractivity contribution in [3.8, 4) is 5.75 Å². The molecule has 1 N–H and O–H groups in total. The Kier molecular flexibility index (Phi) is 7.25. The summed E-state index contributed by atoms with van der Waals surface area (Å²) in [5, 5.41) is 3.49. The van der Waals surface area contributed by atoms with Gasteiger partial charge in [-0.15, -0.1) is 0 Å². The van der Waals surface area contributed by atoms with Gasteiger partial charge >= 0.3 is 0 Å². The van der Waals surface area contributed by atoms with Crippen LogP contribution >= 0.6 is 0 Å². The number of carbonyl (C=O) groups excluding carboxylic acids is 1. The zero-order valence-electron chi connectivity index (χ0n) is 19.2. The lowest BCUT2D eigenvalue weighted by Crippen LogP contribution is -2.47. The van der Waals surface area contributed by atoms with Crippen molar-refractivity contribution in [2.24, 2.45) is 0 Å². The second-order valence-electron chi connectivity index (χ2n) is 8.12. The fraction of sp³-hybridized carbons (Fsp3) is 0.458. The third-order valence-corrected chi connectivity index (χ3v) is 5.55. The number of benzene rings is 2. The normalized spacial score (nSPS) is 13.9. The number of ether oxygens (including phenoxy) is 1. The van der Waals surface area contributed by atoms with Crippen LogP contribution in [0.25, 0.3) is 0 Å². The topological polar surface area (TPSA) is 48.1 Å². The Morgan fingerprint density at radius 2 is 1.74 bits per heavy atom.